The second kappa shape index (κ2) is 6.18. The van der Waals surface area contributed by atoms with Crippen LogP contribution in [0.15, 0.2) is 18.2 Å². The summed E-state index contributed by atoms with van der Waals surface area (Å²) in [6.45, 7) is 0.686. The maximum atomic E-state index is 9.40. The summed E-state index contributed by atoms with van der Waals surface area (Å²) in [5.74, 6) is 0.558. The molecule has 0 bridgehead atoms. The Morgan fingerprint density at radius 1 is 1.33 bits per heavy atom. The Kier molecular flexibility index (Phi) is 5.19. The van der Waals surface area contributed by atoms with Gasteiger partial charge in [0, 0.05) is 16.6 Å². The number of benzene rings is 1. The number of rotatable bonds is 5. The van der Waals surface area contributed by atoms with Gasteiger partial charge < -0.3 is 15.2 Å². The largest absolute Gasteiger partial charge is 0.491 e. The summed E-state index contributed by atoms with van der Waals surface area (Å²) >= 11 is 11.6. The average molecular weight is 250 g/mol. The molecule has 0 unspecified atom stereocenters. The van der Waals surface area contributed by atoms with E-state index in [2.05, 4.69) is 5.32 Å². The van der Waals surface area contributed by atoms with Crippen molar-refractivity contribution >= 4 is 23.2 Å². The van der Waals surface area contributed by atoms with Crippen molar-refractivity contribution in [3.63, 3.8) is 0 Å². The molecular formula is C10H13Cl2NO2. The third kappa shape index (κ3) is 4.71. The Labute approximate surface area is 99.0 Å². The number of aliphatic hydroxyl groups is 1. The number of aliphatic hydroxyl groups excluding tert-OH is 1. The quantitative estimate of drug-likeness (QED) is 0.839. The Bertz CT molecular complexity index is 300. The van der Waals surface area contributed by atoms with Crippen molar-refractivity contribution < 1.29 is 9.84 Å². The van der Waals surface area contributed by atoms with Gasteiger partial charge >= 0.3 is 0 Å². The van der Waals surface area contributed by atoms with Crippen LogP contribution in [0.1, 0.15) is 0 Å². The zero-order valence-electron chi connectivity index (χ0n) is 8.34. The monoisotopic (exact) mass is 249 g/mol. The van der Waals surface area contributed by atoms with Gasteiger partial charge in [0.2, 0.25) is 0 Å². The van der Waals surface area contributed by atoms with Gasteiger partial charge in [-0.05, 0) is 25.2 Å². The van der Waals surface area contributed by atoms with Crippen molar-refractivity contribution in [1.29, 1.82) is 0 Å². The predicted molar refractivity (Wildman–Crippen MR) is 61.9 cm³/mol. The van der Waals surface area contributed by atoms with Gasteiger partial charge in [-0.15, -0.1) is 0 Å². The standard InChI is InChI=1S/C10H13Cl2NO2/c1-13-5-9(14)6-15-10-3-7(11)2-8(12)4-10/h2-4,9,13-14H,5-6H2,1H3/t9-/m1/s1. The Morgan fingerprint density at radius 3 is 2.47 bits per heavy atom. The second-order valence-corrected chi connectivity index (χ2v) is 4.00. The third-order valence-electron chi connectivity index (χ3n) is 1.72. The molecule has 3 nitrogen and oxygen atoms in total. The summed E-state index contributed by atoms with van der Waals surface area (Å²) in [6, 6.07) is 4.93. The lowest BCUT2D eigenvalue weighted by Crippen LogP contribution is -2.29. The van der Waals surface area contributed by atoms with Gasteiger partial charge in [-0.25, -0.2) is 0 Å². The third-order valence-corrected chi connectivity index (χ3v) is 2.15. The molecule has 1 aromatic rings. The first-order valence-corrected chi connectivity index (χ1v) is 5.29. The number of likely N-dealkylation sites (N-methyl/N-ethyl adjacent to an activating group) is 1. The van der Waals surface area contributed by atoms with Gasteiger partial charge in [-0.2, -0.15) is 0 Å². The fraction of sp³-hybridized carbons (Fsp3) is 0.400. The van der Waals surface area contributed by atoms with Crippen LogP contribution in [0.3, 0.4) is 0 Å². The first-order chi connectivity index (χ1) is 7.11. The molecule has 0 radical (unpaired) electrons. The molecule has 0 aromatic heterocycles. The van der Waals surface area contributed by atoms with E-state index in [1.54, 1.807) is 25.2 Å². The predicted octanol–water partition coefficient (Wildman–Crippen LogP) is 1.95. The minimum Gasteiger partial charge on any atom is -0.491 e. The minimum absolute atomic E-state index is 0.206. The van der Waals surface area contributed by atoms with E-state index in [9.17, 15) is 5.11 Å². The maximum Gasteiger partial charge on any atom is 0.122 e. The second-order valence-electron chi connectivity index (χ2n) is 3.13. The zero-order chi connectivity index (χ0) is 11.3. The van der Waals surface area contributed by atoms with E-state index >= 15 is 0 Å². The molecule has 84 valence electrons. The Hall–Kier alpha value is -0.480. The molecule has 1 aromatic carbocycles. The number of nitrogens with one attached hydrogen (secondary N) is 1. The Balaban J connectivity index is 2.50. The minimum atomic E-state index is -0.548. The first-order valence-electron chi connectivity index (χ1n) is 4.53. The Morgan fingerprint density at radius 2 is 1.93 bits per heavy atom. The topological polar surface area (TPSA) is 41.5 Å². The van der Waals surface area contributed by atoms with Crippen LogP contribution in [-0.4, -0.2) is 31.4 Å². The highest BCUT2D eigenvalue weighted by Gasteiger charge is 2.04. The number of ether oxygens (including phenoxy) is 1. The fourth-order valence-electron chi connectivity index (χ4n) is 1.10. The smallest absolute Gasteiger partial charge is 0.122 e. The number of hydrogen-bond donors (Lipinski definition) is 2. The van der Waals surface area contributed by atoms with Gasteiger partial charge in [-0.3, -0.25) is 0 Å². The lowest BCUT2D eigenvalue weighted by Gasteiger charge is -2.12. The van der Waals surface area contributed by atoms with E-state index in [0.717, 1.165) is 0 Å². The highest BCUT2D eigenvalue weighted by atomic mass is 35.5. The zero-order valence-corrected chi connectivity index (χ0v) is 9.85. The summed E-state index contributed by atoms with van der Waals surface area (Å²) in [5.41, 5.74) is 0. The maximum absolute atomic E-state index is 9.40. The van der Waals surface area contributed by atoms with Crippen molar-refractivity contribution in [1.82, 2.24) is 5.32 Å². The molecule has 0 aliphatic carbocycles. The highest BCUT2D eigenvalue weighted by molar-refractivity contribution is 6.34. The number of halogens is 2. The summed E-state index contributed by atoms with van der Waals surface area (Å²) in [6.07, 6.45) is -0.548. The van der Waals surface area contributed by atoms with Crippen LogP contribution >= 0.6 is 23.2 Å². The van der Waals surface area contributed by atoms with Crippen molar-refractivity contribution in [2.24, 2.45) is 0 Å². The molecule has 0 saturated heterocycles. The van der Waals surface area contributed by atoms with Crippen molar-refractivity contribution in [3.05, 3.63) is 28.2 Å². The SMILES string of the molecule is CNC[C@@H](O)COc1cc(Cl)cc(Cl)c1. The van der Waals surface area contributed by atoms with E-state index in [4.69, 9.17) is 27.9 Å². The van der Waals surface area contributed by atoms with Crippen molar-refractivity contribution in [2.45, 2.75) is 6.10 Å². The van der Waals surface area contributed by atoms with E-state index in [1.807, 2.05) is 0 Å². The van der Waals surface area contributed by atoms with Crippen molar-refractivity contribution in [2.75, 3.05) is 20.2 Å². The molecule has 15 heavy (non-hydrogen) atoms. The molecule has 0 saturated carbocycles. The summed E-state index contributed by atoms with van der Waals surface area (Å²) < 4.78 is 5.32. The van der Waals surface area contributed by atoms with Crippen LogP contribution in [0, 0.1) is 0 Å². The molecular weight excluding hydrogens is 237 g/mol. The lowest BCUT2D eigenvalue weighted by atomic mass is 10.3. The average Bonchev–Trinajstić information content (AvgIpc) is 2.14. The highest BCUT2D eigenvalue weighted by Crippen LogP contribution is 2.24. The van der Waals surface area contributed by atoms with Crippen LogP contribution in [-0.2, 0) is 0 Å². The molecule has 2 N–H and O–H groups in total. The van der Waals surface area contributed by atoms with Crippen LogP contribution in [0.5, 0.6) is 5.75 Å². The first kappa shape index (κ1) is 12.6. The normalized spacial score (nSPS) is 12.5. The van der Waals surface area contributed by atoms with Gasteiger partial charge in [0.15, 0.2) is 0 Å². The molecule has 5 heteroatoms. The number of hydrogen-bond acceptors (Lipinski definition) is 3. The van der Waals surface area contributed by atoms with E-state index < -0.39 is 6.10 Å². The van der Waals surface area contributed by atoms with Gasteiger partial charge in [-0.1, -0.05) is 23.2 Å². The van der Waals surface area contributed by atoms with Crippen LogP contribution in [0.25, 0.3) is 0 Å². The fourth-order valence-corrected chi connectivity index (χ4v) is 1.60. The lowest BCUT2D eigenvalue weighted by molar-refractivity contribution is 0.108. The van der Waals surface area contributed by atoms with Crippen molar-refractivity contribution in [3.8, 4) is 5.75 Å². The molecule has 0 spiro atoms. The van der Waals surface area contributed by atoms with Crippen LogP contribution < -0.4 is 10.1 Å². The summed E-state index contributed by atoms with van der Waals surface area (Å²) in [7, 11) is 1.76. The molecule has 1 rings (SSSR count). The molecule has 0 aliphatic heterocycles. The van der Waals surface area contributed by atoms with Gasteiger partial charge in [0.05, 0.1) is 0 Å². The molecule has 0 heterocycles. The molecule has 0 fully saturated rings. The summed E-state index contributed by atoms with van der Waals surface area (Å²) in [4.78, 5) is 0. The summed E-state index contributed by atoms with van der Waals surface area (Å²) in [5, 5.41) is 13.3. The van der Waals surface area contributed by atoms with Crippen LogP contribution in [0.4, 0.5) is 0 Å². The van der Waals surface area contributed by atoms with Gasteiger partial charge in [0.25, 0.3) is 0 Å². The van der Waals surface area contributed by atoms with E-state index in [1.165, 1.54) is 0 Å². The van der Waals surface area contributed by atoms with E-state index in [0.29, 0.717) is 22.3 Å². The molecule has 0 amide bonds. The molecule has 0 aliphatic rings. The van der Waals surface area contributed by atoms with E-state index in [-0.39, 0.29) is 6.61 Å². The van der Waals surface area contributed by atoms with Gasteiger partial charge in [0.1, 0.15) is 18.5 Å². The molecule has 1 atom stereocenters. The van der Waals surface area contributed by atoms with Crippen LogP contribution in [0.2, 0.25) is 10.0 Å².